The third-order valence-corrected chi connectivity index (χ3v) is 4.65. The van der Waals surface area contributed by atoms with Gasteiger partial charge in [0.05, 0.1) is 0 Å². The van der Waals surface area contributed by atoms with Gasteiger partial charge in [0.15, 0.2) is 5.41 Å². The van der Waals surface area contributed by atoms with Crippen molar-refractivity contribution in [1.82, 2.24) is 0 Å². The van der Waals surface area contributed by atoms with Crippen molar-refractivity contribution in [2.75, 3.05) is 0 Å². The molecule has 0 saturated carbocycles. The van der Waals surface area contributed by atoms with Gasteiger partial charge in [-0.15, -0.1) is 0 Å². The smallest absolute Gasteiger partial charge is 1.00 e. The van der Waals surface area contributed by atoms with E-state index in [1.165, 1.54) is 32.1 Å². The van der Waals surface area contributed by atoms with E-state index in [2.05, 4.69) is 6.92 Å². The molecule has 0 saturated heterocycles. The van der Waals surface area contributed by atoms with Crippen LogP contribution in [0.1, 0.15) is 79.5 Å². The zero-order valence-corrected chi connectivity index (χ0v) is 21.8. The third kappa shape index (κ3) is 9.33. The Kier molecular flexibility index (Phi) is 18.7. The molecular weight excluding hydrogens is 366 g/mol. The summed E-state index contributed by atoms with van der Waals surface area (Å²) in [6.07, 6.45) is 10.1. The molecule has 0 atom stereocenters. The average Bonchev–Trinajstić information content (AvgIpc) is 2.57. The van der Waals surface area contributed by atoms with Gasteiger partial charge in [-0.1, -0.05) is 95.0 Å². The fourth-order valence-electron chi connectivity index (χ4n) is 3.12. The van der Waals surface area contributed by atoms with Crippen molar-refractivity contribution in [2.45, 2.75) is 76.5 Å². The molecule has 0 aliphatic carbocycles. The van der Waals surface area contributed by atoms with Crippen LogP contribution in [0.15, 0.2) is 30.3 Å². The summed E-state index contributed by atoms with van der Waals surface area (Å²) in [4.78, 5) is 23.5. The van der Waals surface area contributed by atoms with Crippen LogP contribution < -0.4 is 80.9 Å². The van der Waals surface area contributed by atoms with Gasteiger partial charge in [-0.05, 0) is 12.0 Å². The first-order chi connectivity index (χ1) is 11.6. The molecule has 138 valence electrons. The number of benzene rings is 1. The molecule has 1 aromatic rings. The Bertz CT molecular complexity index is 504. The van der Waals surface area contributed by atoms with Crippen molar-refractivity contribution >= 4 is 11.9 Å². The van der Waals surface area contributed by atoms with Crippen molar-refractivity contribution in [3.63, 3.8) is 0 Å². The van der Waals surface area contributed by atoms with Crippen molar-refractivity contribution in [1.29, 1.82) is 0 Å². The summed E-state index contributed by atoms with van der Waals surface area (Å²) in [5, 5.41) is 19.2. The van der Waals surface area contributed by atoms with E-state index in [0.717, 1.165) is 19.3 Å². The molecule has 0 aliphatic rings. The first-order valence-electron chi connectivity index (χ1n) is 9.08. The molecule has 4 nitrogen and oxygen atoms in total. The summed E-state index contributed by atoms with van der Waals surface area (Å²) in [6, 6.07) is 8.32. The molecule has 0 aliphatic heterocycles. The first-order valence-corrected chi connectivity index (χ1v) is 9.08. The second-order valence-corrected chi connectivity index (χ2v) is 6.46. The Morgan fingerprint density at radius 3 is 1.69 bits per heavy atom. The Morgan fingerprint density at radius 2 is 1.27 bits per heavy atom. The van der Waals surface area contributed by atoms with Crippen LogP contribution in [0.3, 0.4) is 0 Å². The predicted molar refractivity (Wildman–Crippen MR) is 97.5 cm³/mol. The zero-order chi connectivity index (χ0) is 17.8. The maximum Gasteiger partial charge on any atom is 1.00 e. The van der Waals surface area contributed by atoms with Gasteiger partial charge in [0.25, 0.3) is 0 Å². The Balaban J connectivity index is -0.000000720. The van der Waals surface area contributed by atoms with Gasteiger partial charge < -0.3 is 13.1 Å². The standard InChI is InChI=1S/C20H30O4.K.Na.2H/c1-2-3-4-5-6-7-8-9-13-16-20(18(21)22,19(23)24)17-14-11-10-12-15-17;;;;/h10-12,14-15H,2-9,13,16H2,1H3,(H,21,22)(H,23,24);;;;/q;2*+1;2*-1. The van der Waals surface area contributed by atoms with Crippen LogP contribution in [0.4, 0.5) is 0 Å². The van der Waals surface area contributed by atoms with E-state index in [4.69, 9.17) is 0 Å². The second kappa shape index (κ2) is 16.7. The molecule has 6 heteroatoms. The molecule has 1 aromatic carbocycles. The molecule has 2 N–H and O–H groups in total. The largest absolute Gasteiger partial charge is 1.00 e. The number of carboxylic acid groups (broad SMARTS) is 2. The molecule has 1 rings (SSSR count). The van der Waals surface area contributed by atoms with Gasteiger partial charge in [-0.3, -0.25) is 9.59 Å². The van der Waals surface area contributed by atoms with Crippen molar-refractivity contribution in [3.8, 4) is 0 Å². The summed E-state index contributed by atoms with van der Waals surface area (Å²) >= 11 is 0. The number of aliphatic carboxylic acids is 2. The van der Waals surface area contributed by atoms with Gasteiger partial charge in [0, 0.05) is 0 Å². The second-order valence-electron chi connectivity index (χ2n) is 6.46. The molecule has 0 spiro atoms. The van der Waals surface area contributed by atoms with E-state index in [9.17, 15) is 19.8 Å². The van der Waals surface area contributed by atoms with E-state index >= 15 is 0 Å². The molecule has 0 amide bonds. The Hall–Kier alpha value is 0.796. The predicted octanol–water partition coefficient (Wildman–Crippen LogP) is -0.752. The van der Waals surface area contributed by atoms with Crippen LogP contribution in [-0.4, -0.2) is 22.2 Å². The van der Waals surface area contributed by atoms with Gasteiger partial charge >= 0.3 is 92.9 Å². The number of carbonyl (C=O) groups is 2. The first kappa shape index (κ1) is 29.0. The summed E-state index contributed by atoms with van der Waals surface area (Å²) in [5.41, 5.74) is -1.48. The van der Waals surface area contributed by atoms with E-state index < -0.39 is 17.4 Å². The summed E-state index contributed by atoms with van der Waals surface area (Å²) in [5.74, 6) is -2.55. The van der Waals surface area contributed by atoms with Crippen LogP contribution in [0.25, 0.3) is 0 Å². The van der Waals surface area contributed by atoms with Crippen LogP contribution in [0, 0.1) is 0 Å². The molecule has 0 radical (unpaired) electrons. The van der Waals surface area contributed by atoms with E-state index in [0.29, 0.717) is 12.0 Å². The monoisotopic (exact) mass is 398 g/mol. The van der Waals surface area contributed by atoms with Gasteiger partial charge in [-0.25, -0.2) is 0 Å². The van der Waals surface area contributed by atoms with E-state index in [1.807, 2.05) is 0 Å². The van der Waals surface area contributed by atoms with Crippen LogP contribution in [0.5, 0.6) is 0 Å². The zero-order valence-electron chi connectivity index (χ0n) is 18.7. The molecule has 0 aromatic heterocycles. The summed E-state index contributed by atoms with van der Waals surface area (Å²) < 4.78 is 0. The average molecular weight is 399 g/mol. The van der Waals surface area contributed by atoms with Crippen LogP contribution >= 0.6 is 0 Å². The number of unbranched alkanes of at least 4 members (excludes halogenated alkanes) is 8. The van der Waals surface area contributed by atoms with Crippen LogP contribution in [0.2, 0.25) is 0 Å². The number of hydrogen-bond acceptors (Lipinski definition) is 2. The van der Waals surface area contributed by atoms with Crippen molar-refractivity contribution in [2.24, 2.45) is 0 Å². The van der Waals surface area contributed by atoms with Gasteiger partial charge in [0.2, 0.25) is 0 Å². The molecule has 0 bridgehead atoms. The number of rotatable bonds is 13. The minimum absolute atomic E-state index is 0. The Morgan fingerprint density at radius 1 is 0.846 bits per heavy atom. The summed E-state index contributed by atoms with van der Waals surface area (Å²) in [6.45, 7) is 2.20. The topological polar surface area (TPSA) is 74.6 Å². The van der Waals surface area contributed by atoms with Crippen molar-refractivity contribution in [3.05, 3.63) is 35.9 Å². The quantitative estimate of drug-likeness (QED) is 0.260. The molecule has 0 unspecified atom stereocenters. The summed E-state index contributed by atoms with van der Waals surface area (Å²) in [7, 11) is 0. The normalized spacial score (nSPS) is 10.5. The number of hydrogen-bond donors (Lipinski definition) is 2. The molecule has 0 heterocycles. The van der Waals surface area contributed by atoms with Gasteiger partial charge in [0.1, 0.15) is 0 Å². The molecule has 0 fully saturated rings. The molecule has 26 heavy (non-hydrogen) atoms. The number of carboxylic acids is 2. The fourth-order valence-corrected chi connectivity index (χ4v) is 3.12. The maximum atomic E-state index is 11.7. The minimum atomic E-state index is -1.83. The molecular formula is C20H32KNaO4. The van der Waals surface area contributed by atoms with Gasteiger partial charge in [-0.2, -0.15) is 0 Å². The minimum Gasteiger partial charge on any atom is -1.00 e. The fraction of sp³-hybridized carbons (Fsp3) is 0.600. The Labute approximate surface area is 225 Å². The maximum absolute atomic E-state index is 11.7. The van der Waals surface area contributed by atoms with Crippen LogP contribution in [-0.2, 0) is 15.0 Å². The van der Waals surface area contributed by atoms with E-state index in [1.54, 1.807) is 30.3 Å². The SMILES string of the molecule is CCCCCCCCCCCC(C(=O)O)(C(=O)O)c1ccccc1.[H-].[H-].[K+].[Na+]. The van der Waals surface area contributed by atoms with E-state index in [-0.39, 0.29) is 90.2 Å². The van der Waals surface area contributed by atoms with Crippen molar-refractivity contribution < 1.29 is 104 Å². The third-order valence-electron chi connectivity index (χ3n) is 4.65.